The molecule has 2 heteroatoms. The molecule has 0 aliphatic heterocycles. The zero-order chi connectivity index (χ0) is 17.5. The van der Waals surface area contributed by atoms with E-state index in [1.807, 2.05) is 6.92 Å². The predicted octanol–water partition coefficient (Wildman–Crippen LogP) is 7.06. The first kappa shape index (κ1) is 21.2. The van der Waals surface area contributed by atoms with Gasteiger partial charge in [-0.15, -0.1) is 0 Å². The minimum Gasteiger partial charge on any atom is -0.487 e. The Morgan fingerprint density at radius 1 is 0.750 bits per heavy atom. The molecule has 0 aliphatic rings. The van der Waals surface area contributed by atoms with Crippen LogP contribution in [0, 0.1) is 0 Å². The van der Waals surface area contributed by atoms with Gasteiger partial charge in [-0.2, -0.15) is 0 Å². The lowest BCUT2D eigenvalue weighted by Gasteiger charge is -2.06. The summed E-state index contributed by atoms with van der Waals surface area (Å²) >= 11 is 5.20. The number of benzene rings is 1. The van der Waals surface area contributed by atoms with Gasteiger partial charge in [0.2, 0.25) is 0 Å². The molecular formula is C22H36OS. The van der Waals surface area contributed by atoms with Crippen LogP contribution in [-0.4, -0.2) is 11.7 Å². The van der Waals surface area contributed by atoms with Gasteiger partial charge in [0.1, 0.15) is 0 Å². The van der Waals surface area contributed by atoms with Crippen LogP contribution < -0.4 is 0 Å². The van der Waals surface area contributed by atoms with Crippen LogP contribution in [0.15, 0.2) is 24.3 Å². The average molecular weight is 349 g/mol. The number of rotatable bonds is 14. The van der Waals surface area contributed by atoms with Gasteiger partial charge in [0.25, 0.3) is 0 Å². The highest BCUT2D eigenvalue weighted by molar-refractivity contribution is 7.80. The Labute approximate surface area is 155 Å². The molecule has 1 aromatic rings. The molecule has 0 amide bonds. The van der Waals surface area contributed by atoms with E-state index in [1.54, 1.807) is 0 Å². The first-order chi connectivity index (χ1) is 11.8. The number of hydrogen-bond acceptors (Lipinski definition) is 2. The number of thiocarbonyl (C=S) groups is 1. The van der Waals surface area contributed by atoms with E-state index < -0.39 is 0 Å². The van der Waals surface area contributed by atoms with Crippen molar-refractivity contribution >= 4 is 17.3 Å². The second-order valence-corrected chi connectivity index (χ2v) is 7.19. The number of unbranched alkanes of at least 4 members (excludes halogenated alkanes) is 9. The van der Waals surface area contributed by atoms with Gasteiger partial charge in [0.05, 0.1) is 6.61 Å². The molecule has 0 spiro atoms. The minimum absolute atomic E-state index is 0.662. The third-order valence-corrected chi connectivity index (χ3v) is 4.76. The molecule has 1 aromatic carbocycles. The molecule has 0 fully saturated rings. The molecule has 0 saturated carbocycles. The van der Waals surface area contributed by atoms with Gasteiger partial charge in [-0.25, -0.2) is 0 Å². The summed E-state index contributed by atoms with van der Waals surface area (Å²) in [7, 11) is 0. The maximum atomic E-state index is 5.35. The van der Waals surface area contributed by atoms with Gasteiger partial charge in [0, 0.05) is 6.42 Å². The van der Waals surface area contributed by atoms with Crippen molar-refractivity contribution in [3.8, 4) is 0 Å². The lowest BCUT2D eigenvalue weighted by atomic mass is 10.0. The van der Waals surface area contributed by atoms with E-state index >= 15 is 0 Å². The summed E-state index contributed by atoms with van der Waals surface area (Å²) in [4.78, 5) is 0. The highest BCUT2D eigenvalue weighted by atomic mass is 32.1. The van der Waals surface area contributed by atoms with Crippen LogP contribution in [0.1, 0.15) is 89.2 Å². The number of aryl methyl sites for hydroxylation is 1. The topological polar surface area (TPSA) is 9.23 Å². The standard InChI is InChI=1S/C22H36OS/c1-3-5-6-7-8-9-10-11-12-13-14-20-15-17-21(18-16-20)19-22(24)23-4-2/h15-18H,3-14,19H2,1-2H3. The van der Waals surface area contributed by atoms with Gasteiger partial charge < -0.3 is 4.74 Å². The van der Waals surface area contributed by atoms with Crippen LogP contribution in [-0.2, 0) is 17.6 Å². The van der Waals surface area contributed by atoms with Gasteiger partial charge in [0.15, 0.2) is 5.05 Å². The molecule has 0 aliphatic carbocycles. The molecule has 0 heterocycles. The highest BCUT2D eigenvalue weighted by Crippen LogP contribution is 2.13. The van der Waals surface area contributed by atoms with E-state index in [1.165, 1.54) is 81.8 Å². The van der Waals surface area contributed by atoms with Crippen molar-refractivity contribution in [2.75, 3.05) is 6.61 Å². The molecule has 1 nitrogen and oxygen atoms in total. The van der Waals surface area contributed by atoms with Crippen molar-refractivity contribution in [2.45, 2.75) is 90.9 Å². The molecule has 0 N–H and O–H groups in total. The smallest absolute Gasteiger partial charge is 0.164 e. The average Bonchev–Trinajstić information content (AvgIpc) is 2.58. The molecule has 0 aromatic heterocycles. The molecule has 1 rings (SSSR count). The fourth-order valence-corrected chi connectivity index (χ4v) is 3.30. The van der Waals surface area contributed by atoms with Gasteiger partial charge in [-0.3, -0.25) is 0 Å². The van der Waals surface area contributed by atoms with E-state index in [0.717, 1.165) is 6.42 Å². The Morgan fingerprint density at radius 2 is 1.25 bits per heavy atom. The summed E-state index contributed by atoms with van der Waals surface area (Å²) in [5.74, 6) is 0. The van der Waals surface area contributed by atoms with Crippen molar-refractivity contribution in [2.24, 2.45) is 0 Å². The third kappa shape index (κ3) is 10.8. The SMILES string of the molecule is CCCCCCCCCCCCc1ccc(CC(=S)OCC)cc1. The van der Waals surface area contributed by atoms with Crippen LogP contribution in [0.4, 0.5) is 0 Å². The minimum atomic E-state index is 0.662. The Kier molecular flexibility index (Phi) is 12.7. The third-order valence-electron chi connectivity index (χ3n) is 4.50. The Balaban J connectivity index is 2.04. The summed E-state index contributed by atoms with van der Waals surface area (Å²) in [6.07, 6.45) is 15.9. The van der Waals surface area contributed by atoms with Crippen molar-refractivity contribution < 1.29 is 4.74 Å². The zero-order valence-corrected chi connectivity index (χ0v) is 16.6. The van der Waals surface area contributed by atoms with E-state index in [4.69, 9.17) is 17.0 Å². The zero-order valence-electron chi connectivity index (χ0n) is 15.8. The van der Waals surface area contributed by atoms with E-state index in [9.17, 15) is 0 Å². The molecule has 0 atom stereocenters. The fraction of sp³-hybridized carbons (Fsp3) is 0.682. The number of hydrogen-bond donors (Lipinski definition) is 0. The van der Waals surface area contributed by atoms with Crippen LogP contribution in [0.25, 0.3) is 0 Å². The predicted molar refractivity (Wildman–Crippen MR) is 110 cm³/mol. The second kappa shape index (κ2) is 14.5. The largest absolute Gasteiger partial charge is 0.487 e. The van der Waals surface area contributed by atoms with Crippen LogP contribution in [0.3, 0.4) is 0 Å². The molecule has 136 valence electrons. The van der Waals surface area contributed by atoms with Gasteiger partial charge >= 0.3 is 0 Å². The van der Waals surface area contributed by atoms with Crippen molar-refractivity contribution in [1.29, 1.82) is 0 Å². The summed E-state index contributed by atoms with van der Waals surface area (Å²) in [6.45, 7) is 4.92. The van der Waals surface area contributed by atoms with Crippen LogP contribution in [0.5, 0.6) is 0 Å². The molecule has 0 saturated heterocycles. The maximum absolute atomic E-state index is 5.35. The first-order valence-electron chi connectivity index (χ1n) is 9.99. The van der Waals surface area contributed by atoms with E-state index in [0.29, 0.717) is 11.7 Å². The summed E-state index contributed by atoms with van der Waals surface area (Å²) < 4.78 is 5.35. The molecule has 0 bridgehead atoms. The van der Waals surface area contributed by atoms with Crippen molar-refractivity contribution in [3.63, 3.8) is 0 Å². The Hall–Kier alpha value is -0.890. The first-order valence-corrected chi connectivity index (χ1v) is 10.4. The van der Waals surface area contributed by atoms with Gasteiger partial charge in [-0.1, -0.05) is 89.0 Å². The van der Waals surface area contributed by atoms with Crippen molar-refractivity contribution in [1.82, 2.24) is 0 Å². The van der Waals surface area contributed by atoms with Crippen LogP contribution in [0.2, 0.25) is 0 Å². The summed E-state index contributed by atoms with van der Waals surface area (Å²) in [5.41, 5.74) is 2.70. The maximum Gasteiger partial charge on any atom is 0.164 e. The highest BCUT2D eigenvalue weighted by Gasteiger charge is 2.00. The second-order valence-electron chi connectivity index (χ2n) is 6.73. The number of ether oxygens (including phenoxy) is 1. The Bertz CT molecular complexity index is 424. The lowest BCUT2D eigenvalue weighted by molar-refractivity contribution is 0.330. The summed E-state index contributed by atoms with van der Waals surface area (Å²) in [6, 6.07) is 8.88. The Morgan fingerprint density at radius 3 is 1.79 bits per heavy atom. The van der Waals surface area contributed by atoms with E-state index in [2.05, 4.69) is 31.2 Å². The lowest BCUT2D eigenvalue weighted by Crippen LogP contribution is -2.04. The molecular weight excluding hydrogens is 312 g/mol. The van der Waals surface area contributed by atoms with Crippen LogP contribution >= 0.6 is 12.2 Å². The van der Waals surface area contributed by atoms with Crippen molar-refractivity contribution in [3.05, 3.63) is 35.4 Å². The normalized spacial score (nSPS) is 10.8. The quantitative estimate of drug-likeness (QED) is 0.263. The fourth-order valence-electron chi connectivity index (χ4n) is 3.02. The molecule has 24 heavy (non-hydrogen) atoms. The molecule has 0 unspecified atom stereocenters. The van der Waals surface area contributed by atoms with E-state index in [-0.39, 0.29) is 0 Å². The van der Waals surface area contributed by atoms with Gasteiger partial charge in [-0.05, 0) is 43.1 Å². The molecule has 0 radical (unpaired) electrons. The summed E-state index contributed by atoms with van der Waals surface area (Å²) in [5, 5.41) is 0.694. The monoisotopic (exact) mass is 348 g/mol.